The number of halogens is 2. The molecule has 1 aromatic rings. The summed E-state index contributed by atoms with van der Waals surface area (Å²) >= 11 is 0. The fraction of sp³-hybridized carbons (Fsp3) is 0.364. The number of hydrogen-bond acceptors (Lipinski definition) is 3. The lowest BCUT2D eigenvalue weighted by molar-refractivity contribution is 0.0865. The Bertz CT molecular complexity index is 594. The van der Waals surface area contributed by atoms with Crippen molar-refractivity contribution in [3.63, 3.8) is 0 Å². The highest BCUT2D eigenvalue weighted by molar-refractivity contribution is 7.88. The van der Waals surface area contributed by atoms with Crippen molar-refractivity contribution < 1.29 is 22.0 Å². The Balaban J connectivity index is 2.25. The summed E-state index contributed by atoms with van der Waals surface area (Å²) in [6.07, 6.45) is 2.13. The van der Waals surface area contributed by atoms with Gasteiger partial charge in [0.05, 0.1) is 6.26 Å². The Morgan fingerprint density at radius 1 is 1.32 bits per heavy atom. The van der Waals surface area contributed by atoms with Gasteiger partial charge in [-0.15, -0.1) is 4.41 Å². The molecule has 0 unspecified atom stereocenters. The van der Waals surface area contributed by atoms with E-state index in [1.807, 2.05) is 5.43 Å². The minimum Gasteiger partial charge on any atom is -0.271 e. The summed E-state index contributed by atoms with van der Waals surface area (Å²) in [5, 5.41) is 0. The van der Waals surface area contributed by atoms with Crippen LogP contribution in [0.15, 0.2) is 18.2 Å². The number of amides is 1. The van der Waals surface area contributed by atoms with Gasteiger partial charge in [0, 0.05) is 6.04 Å². The van der Waals surface area contributed by atoms with E-state index in [2.05, 4.69) is 0 Å². The highest BCUT2D eigenvalue weighted by atomic mass is 32.2. The normalized spacial score (nSPS) is 15.6. The maximum Gasteiger partial charge on any atom is 0.272 e. The highest BCUT2D eigenvalue weighted by Crippen LogP contribution is 2.27. The Kier molecular flexibility index (Phi) is 3.55. The van der Waals surface area contributed by atoms with Crippen molar-refractivity contribution in [3.05, 3.63) is 35.4 Å². The molecular weight excluding hydrogens is 278 g/mol. The molecule has 8 heteroatoms. The Morgan fingerprint density at radius 2 is 1.84 bits per heavy atom. The second kappa shape index (κ2) is 4.86. The second-order valence-electron chi connectivity index (χ2n) is 4.33. The standard InChI is InChI=1S/C11H12F2N2O3S/c1-19(17,18)15(7-5-6-7)14-11(16)10-8(12)3-2-4-9(10)13/h2-4,7H,5-6H2,1H3,(H,14,16). The first-order valence-electron chi connectivity index (χ1n) is 5.55. The molecule has 0 spiro atoms. The van der Waals surface area contributed by atoms with E-state index in [-0.39, 0.29) is 6.04 Å². The van der Waals surface area contributed by atoms with Crippen LogP contribution in [-0.2, 0) is 10.0 Å². The van der Waals surface area contributed by atoms with Gasteiger partial charge < -0.3 is 0 Å². The van der Waals surface area contributed by atoms with Crippen molar-refractivity contribution in [2.24, 2.45) is 0 Å². The number of rotatable bonds is 4. The summed E-state index contributed by atoms with van der Waals surface area (Å²) in [4.78, 5) is 11.8. The molecule has 0 atom stereocenters. The molecule has 0 heterocycles. The zero-order chi connectivity index (χ0) is 14.2. The van der Waals surface area contributed by atoms with Gasteiger partial charge >= 0.3 is 0 Å². The van der Waals surface area contributed by atoms with Crippen molar-refractivity contribution in [3.8, 4) is 0 Å². The summed E-state index contributed by atoms with van der Waals surface area (Å²) < 4.78 is 50.5. The molecule has 0 aromatic heterocycles. The molecule has 5 nitrogen and oxygen atoms in total. The summed E-state index contributed by atoms with van der Waals surface area (Å²) in [6.45, 7) is 0. The molecule has 1 saturated carbocycles. The van der Waals surface area contributed by atoms with E-state index in [0.29, 0.717) is 12.8 Å². The predicted octanol–water partition coefficient (Wildman–Crippen LogP) is 1.03. The van der Waals surface area contributed by atoms with Crippen LogP contribution < -0.4 is 5.43 Å². The SMILES string of the molecule is CS(=O)(=O)N(NC(=O)c1c(F)cccc1F)C1CC1. The minimum absolute atomic E-state index is 0.339. The number of benzene rings is 1. The van der Waals surface area contributed by atoms with Crippen LogP contribution in [0.5, 0.6) is 0 Å². The zero-order valence-corrected chi connectivity index (χ0v) is 10.9. The molecule has 1 aliphatic rings. The fourth-order valence-corrected chi connectivity index (χ4v) is 2.63. The van der Waals surface area contributed by atoms with Crippen LogP contribution in [0.1, 0.15) is 23.2 Å². The summed E-state index contributed by atoms with van der Waals surface area (Å²) in [6, 6.07) is 2.64. The number of carbonyl (C=O) groups is 1. The van der Waals surface area contributed by atoms with Crippen LogP contribution >= 0.6 is 0 Å². The van der Waals surface area contributed by atoms with Gasteiger partial charge in [0.15, 0.2) is 0 Å². The van der Waals surface area contributed by atoms with Crippen molar-refractivity contribution in [2.75, 3.05) is 6.26 Å². The molecule has 19 heavy (non-hydrogen) atoms. The van der Waals surface area contributed by atoms with Crippen LogP contribution in [0.2, 0.25) is 0 Å². The number of carbonyl (C=O) groups excluding carboxylic acids is 1. The first kappa shape index (κ1) is 13.9. The third-order valence-corrected chi connectivity index (χ3v) is 3.74. The quantitative estimate of drug-likeness (QED) is 0.842. The molecular formula is C11H12F2N2O3S. The third kappa shape index (κ3) is 3.07. The van der Waals surface area contributed by atoms with Gasteiger partial charge in [0.25, 0.3) is 5.91 Å². The van der Waals surface area contributed by atoms with Crippen LogP contribution in [-0.4, -0.2) is 31.0 Å². The largest absolute Gasteiger partial charge is 0.272 e. The van der Waals surface area contributed by atoms with E-state index in [9.17, 15) is 22.0 Å². The van der Waals surface area contributed by atoms with Crippen molar-refractivity contribution in [1.29, 1.82) is 0 Å². The van der Waals surface area contributed by atoms with E-state index in [4.69, 9.17) is 0 Å². The highest BCUT2D eigenvalue weighted by Gasteiger charge is 2.37. The van der Waals surface area contributed by atoms with Gasteiger partial charge in [0.2, 0.25) is 10.0 Å². The molecule has 1 aliphatic carbocycles. The first-order valence-corrected chi connectivity index (χ1v) is 7.40. The summed E-state index contributed by atoms with van der Waals surface area (Å²) in [7, 11) is -3.67. The smallest absolute Gasteiger partial charge is 0.271 e. The number of hydrazine groups is 1. The van der Waals surface area contributed by atoms with Crippen LogP contribution in [0.3, 0.4) is 0 Å². The molecule has 104 valence electrons. The summed E-state index contributed by atoms with van der Waals surface area (Å²) in [5.74, 6) is -3.20. The fourth-order valence-electron chi connectivity index (χ4n) is 1.62. The molecule has 1 aromatic carbocycles. The van der Waals surface area contributed by atoms with Gasteiger partial charge in [-0.1, -0.05) is 6.07 Å². The molecule has 1 fully saturated rings. The monoisotopic (exact) mass is 290 g/mol. The zero-order valence-electron chi connectivity index (χ0n) is 10.1. The maximum absolute atomic E-state index is 13.4. The predicted molar refractivity (Wildman–Crippen MR) is 63.5 cm³/mol. The van der Waals surface area contributed by atoms with Crippen LogP contribution in [0.4, 0.5) is 8.78 Å². The van der Waals surface area contributed by atoms with Gasteiger partial charge in [0.1, 0.15) is 17.2 Å². The maximum atomic E-state index is 13.4. The lowest BCUT2D eigenvalue weighted by atomic mass is 10.2. The molecule has 0 bridgehead atoms. The van der Waals surface area contributed by atoms with E-state index in [0.717, 1.165) is 28.9 Å². The molecule has 1 amide bonds. The van der Waals surface area contributed by atoms with Crippen LogP contribution in [0.25, 0.3) is 0 Å². The van der Waals surface area contributed by atoms with E-state index in [1.54, 1.807) is 0 Å². The average Bonchev–Trinajstić information content (AvgIpc) is 3.07. The van der Waals surface area contributed by atoms with E-state index < -0.39 is 33.1 Å². The minimum atomic E-state index is -3.67. The van der Waals surface area contributed by atoms with E-state index >= 15 is 0 Å². The second-order valence-corrected chi connectivity index (χ2v) is 6.19. The average molecular weight is 290 g/mol. The number of nitrogens with one attached hydrogen (secondary N) is 1. The van der Waals surface area contributed by atoms with Gasteiger partial charge in [-0.05, 0) is 25.0 Å². The Morgan fingerprint density at radius 3 is 2.26 bits per heavy atom. The van der Waals surface area contributed by atoms with Gasteiger partial charge in [-0.25, -0.2) is 17.2 Å². The number of sulfonamides is 1. The molecule has 0 aliphatic heterocycles. The van der Waals surface area contributed by atoms with Crippen LogP contribution in [0, 0.1) is 11.6 Å². The molecule has 2 rings (SSSR count). The number of nitrogens with zero attached hydrogens (tertiary/aromatic N) is 1. The van der Waals surface area contributed by atoms with Gasteiger partial charge in [-0.3, -0.25) is 10.2 Å². The molecule has 0 radical (unpaired) electrons. The van der Waals surface area contributed by atoms with Crippen molar-refractivity contribution in [2.45, 2.75) is 18.9 Å². The first-order chi connectivity index (χ1) is 8.80. The summed E-state index contributed by atoms with van der Waals surface area (Å²) in [5.41, 5.74) is 1.25. The lowest BCUT2D eigenvalue weighted by Crippen LogP contribution is -2.47. The van der Waals surface area contributed by atoms with Crippen molar-refractivity contribution >= 4 is 15.9 Å². The third-order valence-electron chi connectivity index (χ3n) is 2.64. The van der Waals surface area contributed by atoms with Gasteiger partial charge in [-0.2, -0.15) is 0 Å². The Hall–Kier alpha value is -1.54. The van der Waals surface area contributed by atoms with E-state index in [1.165, 1.54) is 0 Å². The molecule has 1 N–H and O–H groups in total. The Labute approximate surface area is 109 Å². The lowest BCUT2D eigenvalue weighted by Gasteiger charge is -2.20. The van der Waals surface area contributed by atoms with Crippen molar-refractivity contribution in [1.82, 2.24) is 9.84 Å². The number of hydrogen-bond donors (Lipinski definition) is 1. The molecule has 0 saturated heterocycles. The topological polar surface area (TPSA) is 66.5 Å².